The lowest BCUT2D eigenvalue weighted by Crippen LogP contribution is -2.08. The predicted molar refractivity (Wildman–Crippen MR) is 55.7 cm³/mol. The second-order valence-electron chi connectivity index (χ2n) is 2.90. The van der Waals surface area contributed by atoms with Crippen LogP contribution in [0.25, 0.3) is 0 Å². The average Bonchev–Trinajstić information content (AvgIpc) is 2.33. The SMILES string of the molecule is C=C(C)CC(N)c1sccc1Cl. The van der Waals surface area contributed by atoms with Crippen LogP contribution in [0, 0.1) is 0 Å². The second kappa shape index (κ2) is 4.08. The molecule has 12 heavy (non-hydrogen) atoms. The first kappa shape index (κ1) is 9.78. The van der Waals surface area contributed by atoms with E-state index < -0.39 is 0 Å². The summed E-state index contributed by atoms with van der Waals surface area (Å²) in [6.07, 6.45) is 0.806. The first-order valence-corrected chi connectivity index (χ1v) is 5.00. The summed E-state index contributed by atoms with van der Waals surface area (Å²) in [6, 6.07) is 1.88. The van der Waals surface area contributed by atoms with E-state index in [1.807, 2.05) is 18.4 Å². The molecular weight excluding hydrogens is 190 g/mol. The first-order chi connectivity index (χ1) is 5.61. The Hall–Kier alpha value is -0.310. The first-order valence-electron chi connectivity index (χ1n) is 3.74. The molecule has 1 nitrogen and oxygen atoms in total. The Labute approximate surface area is 81.9 Å². The van der Waals surface area contributed by atoms with Gasteiger partial charge in [-0.05, 0) is 24.8 Å². The van der Waals surface area contributed by atoms with Gasteiger partial charge in [0.15, 0.2) is 0 Å². The fourth-order valence-electron chi connectivity index (χ4n) is 1.04. The van der Waals surface area contributed by atoms with Crippen LogP contribution in [0.2, 0.25) is 5.02 Å². The number of thiophene rings is 1. The van der Waals surface area contributed by atoms with Crippen LogP contribution in [-0.4, -0.2) is 0 Å². The van der Waals surface area contributed by atoms with Gasteiger partial charge in [-0.1, -0.05) is 17.2 Å². The molecule has 66 valence electrons. The van der Waals surface area contributed by atoms with Gasteiger partial charge < -0.3 is 5.73 Å². The van der Waals surface area contributed by atoms with E-state index in [1.165, 1.54) is 0 Å². The van der Waals surface area contributed by atoms with E-state index in [2.05, 4.69) is 6.58 Å². The van der Waals surface area contributed by atoms with Gasteiger partial charge >= 0.3 is 0 Å². The predicted octanol–water partition coefficient (Wildman–Crippen LogP) is 3.37. The molecule has 0 amide bonds. The van der Waals surface area contributed by atoms with Gasteiger partial charge in [0.25, 0.3) is 0 Å². The van der Waals surface area contributed by atoms with E-state index in [0.717, 1.165) is 21.9 Å². The molecule has 0 aromatic carbocycles. The molecule has 1 heterocycles. The zero-order chi connectivity index (χ0) is 9.14. The van der Waals surface area contributed by atoms with Crippen LogP contribution in [0.5, 0.6) is 0 Å². The Morgan fingerprint density at radius 1 is 1.83 bits per heavy atom. The third kappa shape index (κ3) is 2.34. The number of nitrogens with two attached hydrogens (primary N) is 1. The normalized spacial score (nSPS) is 12.9. The van der Waals surface area contributed by atoms with Crippen molar-refractivity contribution in [1.29, 1.82) is 0 Å². The molecule has 1 aromatic rings. The summed E-state index contributed by atoms with van der Waals surface area (Å²) in [6.45, 7) is 5.79. The largest absolute Gasteiger partial charge is 0.323 e. The molecule has 0 aliphatic rings. The van der Waals surface area contributed by atoms with Crippen LogP contribution in [0.4, 0.5) is 0 Å². The molecule has 0 bridgehead atoms. The lowest BCUT2D eigenvalue weighted by Gasteiger charge is -2.09. The van der Waals surface area contributed by atoms with Crippen molar-refractivity contribution in [3.05, 3.63) is 33.5 Å². The van der Waals surface area contributed by atoms with Crippen molar-refractivity contribution in [3.8, 4) is 0 Å². The molecule has 0 spiro atoms. The van der Waals surface area contributed by atoms with Gasteiger partial charge in [-0.15, -0.1) is 17.9 Å². The zero-order valence-electron chi connectivity index (χ0n) is 7.01. The van der Waals surface area contributed by atoms with Crippen LogP contribution in [0.1, 0.15) is 24.3 Å². The Morgan fingerprint density at radius 3 is 2.92 bits per heavy atom. The average molecular weight is 202 g/mol. The summed E-state index contributed by atoms with van der Waals surface area (Å²) >= 11 is 7.52. The fraction of sp³-hybridized carbons (Fsp3) is 0.333. The van der Waals surface area contributed by atoms with E-state index in [-0.39, 0.29) is 6.04 Å². The van der Waals surface area contributed by atoms with E-state index in [9.17, 15) is 0 Å². The minimum Gasteiger partial charge on any atom is -0.323 e. The number of rotatable bonds is 3. The summed E-state index contributed by atoms with van der Waals surface area (Å²) in [5.74, 6) is 0. The molecule has 1 rings (SSSR count). The molecule has 2 N–H and O–H groups in total. The highest BCUT2D eigenvalue weighted by Crippen LogP contribution is 2.30. The standard InChI is InChI=1S/C9H12ClNS/c1-6(2)5-8(11)9-7(10)3-4-12-9/h3-4,8H,1,5,11H2,2H3. The van der Waals surface area contributed by atoms with Crippen LogP contribution in [0.15, 0.2) is 23.6 Å². The summed E-state index contributed by atoms with van der Waals surface area (Å²) in [5.41, 5.74) is 7.00. The van der Waals surface area contributed by atoms with Gasteiger partial charge in [-0.3, -0.25) is 0 Å². The minimum absolute atomic E-state index is 0.00926. The van der Waals surface area contributed by atoms with Crippen molar-refractivity contribution in [3.63, 3.8) is 0 Å². The Bertz CT molecular complexity index is 280. The Morgan fingerprint density at radius 2 is 2.50 bits per heavy atom. The minimum atomic E-state index is 0.00926. The monoisotopic (exact) mass is 201 g/mol. The molecule has 0 saturated heterocycles. The van der Waals surface area contributed by atoms with Gasteiger partial charge in [0.1, 0.15) is 0 Å². The molecule has 0 aliphatic carbocycles. The smallest absolute Gasteiger partial charge is 0.0561 e. The second-order valence-corrected chi connectivity index (χ2v) is 4.26. The van der Waals surface area contributed by atoms with E-state index >= 15 is 0 Å². The molecule has 1 unspecified atom stereocenters. The van der Waals surface area contributed by atoms with Crippen LogP contribution in [0.3, 0.4) is 0 Å². The van der Waals surface area contributed by atoms with E-state index in [4.69, 9.17) is 17.3 Å². The summed E-state index contributed by atoms with van der Waals surface area (Å²) in [7, 11) is 0. The zero-order valence-corrected chi connectivity index (χ0v) is 8.58. The summed E-state index contributed by atoms with van der Waals surface area (Å²) in [5, 5.41) is 2.73. The molecule has 3 heteroatoms. The highest BCUT2D eigenvalue weighted by atomic mass is 35.5. The summed E-state index contributed by atoms with van der Waals surface area (Å²) < 4.78 is 0. The van der Waals surface area contributed by atoms with E-state index in [1.54, 1.807) is 11.3 Å². The van der Waals surface area contributed by atoms with Gasteiger partial charge in [0, 0.05) is 10.9 Å². The fourth-order valence-corrected chi connectivity index (χ4v) is 2.24. The van der Waals surface area contributed by atoms with Crippen molar-refractivity contribution < 1.29 is 0 Å². The van der Waals surface area contributed by atoms with Crippen LogP contribution >= 0.6 is 22.9 Å². The van der Waals surface area contributed by atoms with Crippen molar-refractivity contribution in [2.24, 2.45) is 5.73 Å². The quantitative estimate of drug-likeness (QED) is 0.746. The van der Waals surface area contributed by atoms with E-state index in [0.29, 0.717) is 0 Å². The molecular formula is C9H12ClNS. The molecule has 1 atom stereocenters. The lowest BCUT2D eigenvalue weighted by molar-refractivity contribution is 0.731. The Balaban J connectivity index is 2.71. The van der Waals surface area contributed by atoms with Gasteiger partial charge in [-0.25, -0.2) is 0 Å². The lowest BCUT2D eigenvalue weighted by atomic mass is 10.1. The van der Waals surface area contributed by atoms with Gasteiger partial charge in [-0.2, -0.15) is 0 Å². The number of halogens is 1. The van der Waals surface area contributed by atoms with Crippen molar-refractivity contribution in [1.82, 2.24) is 0 Å². The van der Waals surface area contributed by atoms with Crippen LogP contribution in [-0.2, 0) is 0 Å². The van der Waals surface area contributed by atoms with Crippen LogP contribution < -0.4 is 5.73 Å². The van der Waals surface area contributed by atoms with Crippen molar-refractivity contribution in [2.75, 3.05) is 0 Å². The molecule has 0 fully saturated rings. The van der Waals surface area contributed by atoms with Gasteiger partial charge in [0.2, 0.25) is 0 Å². The number of hydrogen-bond acceptors (Lipinski definition) is 2. The molecule has 1 aromatic heterocycles. The number of hydrogen-bond donors (Lipinski definition) is 1. The highest BCUT2D eigenvalue weighted by Gasteiger charge is 2.10. The molecule has 0 aliphatic heterocycles. The maximum absolute atomic E-state index is 5.92. The van der Waals surface area contributed by atoms with Crippen molar-refractivity contribution in [2.45, 2.75) is 19.4 Å². The molecule has 0 saturated carbocycles. The highest BCUT2D eigenvalue weighted by molar-refractivity contribution is 7.10. The third-order valence-electron chi connectivity index (χ3n) is 1.55. The third-order valence-corrected chi connectivity index (χ3v) is 3.04. The molecule has 0 radical (unpaired) electrons. The topological polar surface area (TPSA) is 26.0 Å². The maximum atomic E-state index is 5.92. The summed E-state index contributed by atoms with van der Waals surface area (Å²) in [4.78, 5) is 1.06. The van der Waals surface area contributed by atoms with Crippen molar-refractivity contribution >= 4 is 22.9 Å². The van der Waals surface area contributed by atoms with Gasteiger partial charge in [0.05, 0.1) is 5.02 Å². The Kier molecular flexibility index (Phi) is 3.32. The maximum Gasteiger partial charge on any atom is 0.0561 e.